The van der Waals surface area contributed by atoms with Crippen LogP contribution in [-0.4, -0.2) is 26.0 Å². The molecule has 112 valence electrons. The van der Waals surface area contributed by atoms with Gasteiger partial charge in [0, 0.05) is 18.8 Å². The van der Waals surface area contributed by atoms with Crippen molar-refractivity contribution < 1.29 is 8.42 Å². The fraction of sp³-hybridized carbons (Fsp3) is 0.643. The summed E-state index contributed by atoms with van der Waals surface area (Å²) in [5.41, 5.74) is 0.577. The van der Waals surface area contributed by atoms with E-state index in [9.17, 15) is 8.42 Å². The Morgan fingerprint density at radius 3 is 2.85 bits per heavy atom. The third kappa shape index (κ3) is 3.70. The first-order valence-electron chi connectivity index (χ1n) is 7.24. The molecule has 2 unspecified atom stereocenters. The molecule has 0 bridgehead atoms. The Hall–Kier alpha value is -1.14. The highest BCUT2D eigenvalue weighted by Crippen LogP contribution is 2.27. The molecule has 1 fully saturated rings. The van der Waals surface area contributed by atoms with E-state index >= 15 is 0 Å². The minimum atomic E-state index is -3.55. The van der Waals surface area contributed by atoms with Gasteiger partial charge in [0.15, 0.2) is 5.03 Å². The van der Waals surface area contributed by atoms with Gasteiger partial charge in [-0.05, 0) is 43.7 Å². The van der Waals surface area contributed by atoms with Gasteiger partial charge >= 0.3 is 0 Å². The molecule has 1 aliphatic carbocycles. The summed E-state index contributed by atoms with van der Waals surface area (Å²) in [6.07, 6.45) is 5.34. The Morgan fingerprint density at radius 2 is 2.20 bits per heavy atom. The fourth-order valence-electron chi connectivity index (χ4n) is 2.59. The number of sulfonamides is 1. The molecule has 2 rings (SSSR count). The molecule has 5 nitrogen and oxygen atoms in total. The van der Waals surface area contributed by atoms with Crippen molar-refractivity contribution in [2.45, 2.75) is 50.6 Å². The number of rotatable bonds is 6. The van der Waals surface area contributed by atoms with E-state index in [1.54, 1.807) is 12.1 Å². The summed E-state index contributed by atoms with van der Waals surface area (Å²) in [4.78, 5) is 4.05. The van der Waals surface area contributed by atoms with Crippen molar-refractivity contribution in [3.05, 3.63) is 18.3 Å². The van der Waals surface area contributed by atoms with Crippen LogP contribution in [0.4, 0.5) is 5.69 Å². The molecule has 6 heteroatoms. The zero-order chi connectivity index (χ0) is 14.6. The Bertz CT molecular complexity index is 545. The topological polar surface area (TPSA) is 71.1 Å². The third-order valence-electron chi connectivity index (χ3n) is 3.61. The van der Waals surface area contributed by atoms with Gasteiger partial charge < -0.3 is 5.32 Å². The lowest BCUT2D eigenvalue weighted by Crippen LogP contribution is -2.34. The van der Waals surface area contributed by atoms with E-state index in [1.165, 1.54) is 6.20 Å². The van der Waals surface area contributed by atoms with Crippen molar-refractivity contribution in [3.63, 3.8) is 0 Å². The minimum Gasteiger partial charge on any atom is -0.383 e. The van der Waals surface area contributed by atoms with Crippen LogP contribution in [0.3, 0.4) is 0 Å². The molecule has 0 amide bonds. The standard InChI is InChI=1S/C14H23N3O2S/c1-3-8-15-13-5-4-9-16-14(13)20(18,19)17-12-7-6-11(2)10-12/h4-5,9,11-12,15,17H,3,6-8,10H2,1-2H3. The van der Waals surface area contributed by atoms with Gasteiger partial charge in [0.25, 0.3) is 10.0 Å². The second-order valence-corrected chi connectivity index (χ2v) is 7.15. The fourth-order valence-corrected chi connectivity index (χ4v) is 3.98. The van der Waals surface area contributed by atoms with Crippen LogP contribution in [-0.2, 0) is 10.0 Å². The molecule has 2 N–H and O–H groups in total. The maximum Gasteiger partial charge on any atom is 0.260 e. The van der Waals surface area contributed by atoms with Crippen LogP contribution in [0.2, 0.25) is 0 Å². The summed E-state index contributed by atoms with van der Waals surface area (Å²) in [5.74, 6) is 0.587. The van der Waals surface area contributed by atoms with E-state index in [2.05, 4.69) is 21.9 Å². The molecule has 0 aliphatic heterocycles. The Morgan fingerprint density at radius 1 is 1.40 bits per heavy atom. The van der Waals surface area contributed by atoms with Crippen molar-refractivity contribution in [1.82, 2.24) is 9.71 Å². The van der Waals surface area contributed by atoms with Gasteiger partial charge in [-0.25, -0.2) is 18.1 Å². The van der Waals surface area contributed by atoms with E-state index in [1.807, 2.05) is 6.92 Å². The minimum absolute atomic E-state index is 0.0380. The van der Waals surface area contributed by atoms with Crippen LogP contribution < -0.4 is 10.0 Å². The number of nitrogens with zero attached hydrogens (tertiary/aromatic N) is 1. The van der Waals surface area contributed by atoms with Gasteiger partial charge in [0.1, 0.15) is 0 Å². The van der Waals surface area contributed by atoms with Crippen molar-refractivity contribution in [1.29, 1.82) is 0 Å². The zero-order valence-corrected chi connectivity index (χ0v) is 12.9. The van der Waals surface area contributed by atoms with Gasteiger partial charge in [-0.2, -0.15) is 0 Å². The molecule has 0 saturated heterocycles. The molecule has 2 atom stereocenters. The molecule has 0 aromatic carbocycles. The van der Waals surface area contributed by atoms with Gasteiger partial charge in [-0.3, -0.25) is 0 Å². The number of anilines is 1. The Kier molecular flexibility index (Phi) is 4.99. The lowest BCUT2D eigenvalue weighted by molar-refractivity contribution is 0.536. The van der Waals surface area contributed by atoms with E-state index < -0.39 is 10.0 Å². The number of aromatic nitrogens is 1. The Labute approximate surface area is 121 Å². The summed E-state index contributed by atoms with van der Waals surface area (Å²) < 4.78 is 27.7. The molecule has 1 saturated carbocycles. The molecule has 0 spiro atoms. The van der Waals surface area contributed by atoms with Crippen LogP contribution in [0.25, 0.3) is 0 Å². The molecule has 1 aliphatic rings. The molecular weight excluding hydrogens is 274 g/mol. The SMILES string of the molecule is CCCNc1cccnc1S(=O)(=O)NC1CCC(C)C1. The largest absolute Gasteiger partial charge is 0.383 e. The van der Waals surface area contributed by atoms with Crippen molar-refractivity contribution in [2.24, 2.45) is 5.92 Å². The summed E-state index contributed by atoms with van der Waals surface area (Å²) in [6.45, 7) is 4.92. The first-order valence-corrected chi connectivity index (χ1v) is 8.72. The lowest BCUT2D eigenvalue weighted by Gasteiger charge is -2.15. The van der Waals surface area contributed by atoms with Gasteiger partial charge in [-0.1, -0.05) is 13.8 Å². The predicted molar refractivity (Wildman–Crippen MR) is 80.1 cm³/mol. The summed E-state index contributed by atoms with van der Waals surface area (Å²) in [5, 5.41) is 3.23. The monoisotopic (exact) mass is 297 g/mol. The normalized spacial score (nSPS) is 22.9. The quantitative estimate of drug-likeness (QED) is 0.845. The number of hydrogen-bond acceptors (Lipinski definition) is 4. The first-order chi connectivity index (χ1) is 9.53. The second-order valence-electron chi connectivity index (χ2n) is 5.52. The maximum absolute atomic E-state index is 12.5. The predicted octanol–water partition coefficient (Wildman–Crippen LogP) is 2.37. The highest BCUT2D eigenvalue weighted by Gasteiger charge is 2.28. The molecule has 1 aromatic heterocycles. The van der Waals surface area contributed by atoms with Crippen LogP contribution in [0, 0.1) is 5.92 Å². The van der Waals surface area contributed by atoms with E-state index in [4.69, 9.17) is 0 Å². The Balaban J connectivity index is 2.16. The van der Waals surface area contributed by atoms with Crippen molar-refractivity contribution in [2.75, 3.05) is 11.9 Å². The molecule has 1 heterocycles. The van der Waals surface area contributed by atoms with Gasteiger partial charge in [-0.15, -0.1) is 0 Å². The lowest BCUT2D eigenvalue weighted by atomic mass is 10.1. The summed E-state index contributed by atoms with van der Waals surface area (Å²) in [6, 6.07) is 3.54. The molecule has 0 radical (unpaired) electrons. The highest BCUT2D eigenvalue weighted by molar-refractivity contribution is 7.89. The van der Waals surface area contributed by atoms with Gasteiger partial charge in [0.2, 0.25) is 0 Å². The maximum atomic E-state index is 12.5. The molecular formula is C14H23N3O2S. The van der Waals surface area contributed by atoms with Crippen molar-refractivity contribution in [3.8, 4) is 0 Å². The molecule has 1 aromatic rings. The number of pyridine rings is 1. The average Bonchev–Trinajstić information content (AvgIpc) is 2.81. The van der Waals surface area contributed by atoms with E-state index in [0.29, 0.717) is 11.6 Å². The molecule has 20 heavy (non-hydrogen) atoms. The van der Waals surface area contributed by atoms with Crippen LogP contribution in [0.15, 0.2) is 23.4 Å². The first kappa shape index (κ1) is 15.3. The summed E-state index contributed by atoms with van der Waals surface area (Å²) in [7, 11) is -3.55. The van der Waals surface area contributed by atoms with Crippen LogP contribution in [0.5, 0.6) is 0 Å². The second kappa shape index (κ2) is 6.54. The smallest absolute Gasteiger partial charge is 0.260 e. The van der Waals surface area contributed by atoms with Crippen LogP contribution >= 0.6 is 0 Å². The van der Waals surface area contributed by atoms with E-state index in [-0.39, 0.29) is 11.1 Å². The van der Waals surface area contributed by atoms with E-state index in [0.717, 1.165) is 32.2 Å². The zero-order valence-electron chi connectivity index (χ0n) is 12.1. The number of nitrogens with one attached hydrogen (secondary N) is 2. The highest BCUT2D eigenvalue weighted by atomic mass is 32.2. The van der Waals surface area contributed by atoms with Crippen molar-refractivity contribution >= 4 is 15.7 Å². The average molecular weight is 297 g/mol. The third-order valence-corrected chi connectivity index (χ3v) is 5.09. The van der Waals surface area contributed by atoms with Gasteiger partial charge in [0.05, 0.1) is 5.69 Å². The summed E-state index contributed by atoms with van der Waals surface area (Å²) >= 11 is 0. The van der Waals surface area contributed by atoms with Crippen LogP contribution in [0.1, 0.15) is 39.5 Å². The number of hydrogen-bond donors (Lipinski definition) is 2.